The van der Waals surface area contributed by atoms with Crippen LogP contribution < -0.4 is 0 Å². The Morgan fingerprint density at radius 1 is 0.510 bits per heavy atom. The Labute approximate surface area is 345 Å². The van der Waals surface area contributed by atoms with Crippen molar-refractivity contribution in [1.29, 1.82) is 0 Å². The number of carbonyl (C=O) groups excluding carboxylic acids is 1. The van der Waals surface area contributed by atoms with E-state index in [2.05, 4.69) is 25.7 Å². The molecule has 0 heterocycles. The van der Waals surface area contributed by atoms with Crippen LogP contribution in [0.1, 0.15) is 227 Å². The van der Waals surface area contributed by atoms with E-state index in [1.54, 1.807) is 0 Å². The van der Waals surface area contributed by atoms with Gasteiger partial charge in [-0.2, -0.15) is 0 Å². The van der Waals surface area contributed by atoms with Crippen molar-refractivity contribution in [3.63, 3.8) is 0 Å². The van der Waals surface area contributed by atoms with Gasteiger partial charge >= 0.3 is 0 Å². The summed E-state index contributed by atoms with van der Waals surface area (Å²) in [4.78, 5) is 12.5. The number of aldehydes is 1. The number of aliphatic hydroxyl groups is 3. The monoisotopic (exact) mass is 805 g/mol. The minimum atomic E-state index is -0.183. The van der Waals surface area contributed by atoms with Gasteiger partial charge in [-0.1, -0.05) is 168 Å². The van der Waals surface area contributed by atoms with Crippen LogP contribution in [0, 0.1) is 0 Å². The van der Waals surface area contributed by atoms with Crippen molar-refractivity contribution < 1.29 is 57.6 Å². The first-order chi connectivity index (χ1) is 24.5. The number of aliphatic hydroxyl groups excluding tert-OH is 3. The Balaban J connectivity index is -0.000000340. The standard InChI is InChI=1S/C18H38O.C17H35NO3.C9H20O.Y/c1-4-6-8-10-12-14-16-18(19-3)17-15-13-11-9-7-5-2;1-17(21)11-7-6-9-13-18(14-16-20)12-8-4-2-3-5-10-15-19;1-2-3-4-5-6-7-8-9-10;/h18H,4-17H2,1-3H3;15,17,20-21H,2-14,16H2,1H3;10H,2-9H2,1H3;. The van der Waals surface area contributed by atoms with Gasteiger partial charge in [0.05, 0.1) is 18.8 Å². The van der Waals surface area contributed by atoms with Gasteiger partial charge in [-0.15, -0.1) is 0 Å². The Kier molecular flexibility index (Phi) is 62.8. The first-order valence-electron chi connectivity index (χ1n) is 22.1. The van der Waals surface area contributed by atoms with E-state index in [0.29, 0.717) is 19.1 Å². The number of methoxy groups -OCH3 is 1. The number of hydrogen-bond acceptors (Lipinski definition) is 6. The first kappa shape index (κ1) is 58.3. The molecule has 0 aliphatic heterocycles. The van der Waals surface area contributed by atoms with E-state index in [1.807, 2.05) is 14.0 Å². The van der Waals surface area contributed by atoms with Crippen LogP contribution in [0.3, 0.4) is 0 Å². The molecule has 0 aliphatic carbocycles. The molecule has 7 heteroatoms. The molecular weight excluding hydrogens is 711 g/mol. The molecule has 0 fully saturated rings. The molecule has 0 spiro atoms. The third kappa shape index (κ3) is 57.5. The summed E-state index contributed by atoms with van der Waals surface area (Å²) in [5.74, 6) is 0. The van der Waals surface area contributed by atoms with E-state index < -0.39 is 0 Å². The maximum absolute atomic E-state index is 10.2. The average Bonchev–Trinajstić information content (AvgIpc) is 3.11. The van der Waals surface area contributed by atoms with Crippen molar-refractivity contribution in [3.8, 4) is 0 Å². The van der Waals surface area contributed by atoms with E-state index in [9.17, 15) is 9.90 Å². The molecule has 1 unspecified atom stereocenters. The van der Waals surface area contributed by atoms with Gasteiger partial charge in [0, 0.05) is 59.4 Å². The largest absolute Gasteiger partial charge is 0.396 e. The zero-order valence-electron chi connectivity index (χ0n) is 35.4. The summed E-state index contributed by atoms with van der Waals surface area (Å²) in [5, 5.41) is 26.8. The molecule has 1 atom stereocenters. The van der Waals surface area contributed by atoms with E-state index in [4.69, 9.17) is 14.9 Å². The zero-order valence-corrected chi connectivity index (χ0v) is 38.2. The topological polar surface area (TPSA) is 90.2 Å². The summed E-state index contributed by atoms with van der Waals surface area (Å²) in [6, 6.07) is 0. The second-order valence-corrected chi connectivity index (χ2v) is 14.8. The van der Waals surface area contributed by atoms with E-state index in [0.717, 1.165) is 70.9 Å². The van der Waals surface area contributed by atoms with Gasteiger partial charge in [0.25, 0.3) is 0 Å². The SMILES string of the molecule is CC(O)CCCCCN(CCO)CCCCCCCC=O.CCCCCCCCC(CCCCCCCC)OC.CCCCCCCCCO.[Y]. The van der Waals surface area contributed by atoms with Crippen LogP contribution in [-0.2, 0) is 42.2 Å². The Bertz CT molecular complexity index is 560. The summed E-state index contributed by atoms with van der Waals surface area (Å²) >= 11 is 0. The normalized spacial score (nSPS) is 11.5. The fourth-order valence-electron chi connectivity index (χ4n) is 6.28. The van der Waals surface area contributed by atoms with Gasteiger partial charge in [0.15, 0.2) is 0 Å². The fourth-order valence-corrected chi connectivity index (χ4v) is 6.28. The van der Waals surface area contributed by atoms with Crippen molar-refractivity contribution in [2.45, 2.75) is 239 Å². The molecule has 51 heavy (non-hydrogen) atoms. The van der Waals surface area contributed by atoms with Gasteiger partial charge in [-0.05, 0) is 65.0 Å². The molecule has 0 saturated heterocycles. The van der Waals surface area contributed by atoms with Crippen molar-refractivity contribution in [2.75, 3.05) is 40.0 Å². The molecule has 6 nitrogen and oxygen atoms in total. The molecule has 3 N–H and O–H groups in total. The molecule has 0 saturated carbocycles. The molecule has 0 aliphatic rings. The molecule has 0 amide bonds. The summed E-state index contributed by atoms with van der Waals surface area (Å²) in [6.07, 6.45) is 40.3. The fraction of sp³-hybridized carbons (Fsp3) is 0.977. The van der Waals surface area contributed by atoms with Crippen LogP contribution in [0.4, 0.5) is 0 Å². The van der Waals surface area contributed by atoms with Gasteiger partial charge in [0.2, 0.25) is 0 Å². The molecule has 0 rings (SSSR count). The zero-order chi connectivity index (χ0) is 37.6. The predicted molar refractivity (Wildman–Crippen MR) is 219 cm³/mol. The Morgan fingerprint density at radius 3 is 1.27 bits per heavy atom. The van der Waals surface area contributed by atoms with Crippen LogP contribution in [0.15, 0.2) is 0 Å². The average molecular weight is 805 g/mol. The second-order valence-electron chi connectivity index (χ2n) is 14.8. The van der Waals surface area contributed by atoms with Crippen LogP contribution in [0.25, 0.3) is 0 Å². The summed E-state index contributed by atoms with van der Waals surface area (Å²) < 4.78 is 5.61. The van der Waals surface area contributed by atoms with E-state index in [1.165, 1.54) is 148 Å². The molecule has 0 bridgehead atoms. The quantitative estimate of drug-likeness (QED) is 0.0425. The minimum Gasteiger partial charge on any atom is -0.396 e. The molecule has 1 radical (unpaired) electrons. The van der Waals surface area contributed by atoms with Crippen molar-refractivity contribution in [2.24, 2.45) is 0 Å². The minimum absolute atomic E-state index is 0. The molecule has 307 valence electrons. The van der Waals surface area contributed by atoms with Crippen LogP contribution >= 0.6 is 0 Å². The Hall–Kier alpha value is 0.574. The molecular formula is C44H93NO5Y. The second kappa shape index (κ2) is 54.9. The van der Waals surface area contributed by atoms with Crippen LogP contribution in [0.5, 0.6) is 0 Å². The number of carbonyl (C=O) groups is 1. The van der Waals surface area contributed by atoms with Crippen LogP contribution in [-0.4, -0.2) is 78.7 Å². The number of hydrogen-bond donors (Lipinski definition) is 3. The van der Waals surface area contributed by atoms with Crippen LogP contribution in [0.2, 0.25) is 0 Å². The summed E-state index contributed by atoms with van der Waals surface area (Å²) in [6.45, 7) is 12.1. The van der Waals surface area contributed by atoms with Crippen molar-refractivity contribution in [1.82, 2.24) is 4.90 Å². The summed E-state index contributed by atoms with van der Waals surface area (Å²) in [7, 11) is 1.89. The van der Waals surface area contributed by atoms with Gasteiger partial charge < -0.3 is 29.8 Å². The smallest absolute Gasteiger partial charge is 0.119 e. The first-order valence-corrected chi connectivity index (χ1v) is 22.1. The van der Waals surface area contributed by atoms with E-state index in [-0.39, 0.29) is 45.4 Å². The van der Waals surface area contributed by atoms with Crippen molar-refractivity contribution >= 4 is 6.29 Å². The molecule has 0 aromatic carbocycles. The maximum Gasteiger partial charge on any atom is 0.119 e. The summed E-state index contributed by atoms with van der Waals surface area (Å²) in [5.41, 5.74) is 0. The third-order valence-electron chi connectivity index (χ3n) is 9.66. The van der Waals surface area contributed by atoms with Gasteiger partial charge in [-0.25, -0.2) is 0 Å². The van der Waals surface area contributed by atoms with Crippen molar-refractivity contribution in [3.05, 3.63) is 0 Å². The number of nitrogens with zero attached hydrogens (tertiary/aromatic N) is 1. The number of rotatable bonds is 38. The predicted octanol–water partition coefficient (Wildman–Crippen LogP) is 12.0. The van der Waals surface area contributed by atoms with Gasteiger partial charge in [0.1, 0.15) is 6.29 Å². The maximum atomic E-state index is 10.2. The molecule has 0 aromatic heterocycles. The van der Waals surface area contributed by atoms with E-state index >= 15 is 0 Å². The van der Waals surface area contributed by atoms with Gasteiger partial charge in [-0.3, -0.25) is 0 Å². The number of ether oxygens (including phenoxy) is 1. The third-order valence-corrected chi connectivity index (χ3v) is 9.66. The Morgan fingerprint density at radius 2 is 0.882 bits per heavy atom. The number of unbranched alkanes of at least 4 members (excludes halogenated alkanes) is 23. The molecule has 0 aromatic rings.